The van der Waals surface area contributed by atoms with Crippen LogP contribution >= 0.6 is 0 Å². The molecule has 1 rings (SSSR count). The highest BCUT2D eigenvalue weighted by molar-refractivity contribution is 5.94. The van der Waals surface area contributed by atoms with E-state index in [1.54, 1.807) is 6.07 Å². The van der Waals surface area contributed by atoms with E-state index in [1.807, 2.05) is 0 Å². The first kappa shape index (κ1) is 15.0. The predicted octanol–water partition coefficient (Wildman–Crippen LogP) is 2.55. The maximum Gasteiger partial charge on any atom is 0.418 e. The Morgan fingerprint density at radius 1 is 1.47 bits per heavy atom. The number of halogens is 3. The van der Waals surface area contributed by atoms with E-state index in [4.69, 9.17) is 10.00 Å². The van der Waals surface area contributed by atoms with Crippen LogP contribution in [0.4, 0.5) is 18.9 Å². The Labute approximate surface area is 107 Å². The summed E-state index contributed by atoms with van der Waals surface area (Å²) in [4.78, 5) is 11.5. The molecule has 7 heteroatoms. The van der Waals surface area contributed by atoms with Gasteiger partial charge in [-0.25, -0.2) is 0 Å². The summed E-state index contributed by atoms with van der Waals surface area (Å²) in [6.45, 7) is 1.41. The molecule has 1 amide bonds. The number of nitriles is 1. The molecular weight excluding hydrogens is 261 g/mol. The first-order chi connectivity index (χ1) is 8.79. The molecule has 0 fully saturated rings. The average molecular weight is 272 g/mol. The van der Waals surface area contributed by atoms with Gasteiger partial charge in [0.05, 0.1) is 22.9 Å². The van der Waals surface area contributed by atoms with Crippen LogP contribution in [-0.4, -0.2) is 19.1 Å². The van der Waals surface area contributed by atoms with Crippen molar-refractivity contribution in [3.8, 4) is 6.07 Å². The second-order valence-corrected chi connectivity index (χ2v) is 3.74. The van der Waals surface area contributed by atoms with Gasteiger partial charge in [0.2, 0.25) is 0 Å². The van der Waals surface area contributed by atoms with Crippen molar-refractivity contribution in [2.45, 2.75) is 19.2 Å². The number of benzene rings is 1. The third-order valence-corrected chi connectivity index (χ3v) is 2.43. The molecule has 0 radical (unpaired) electrons. The lowest BCUT2D eigenvalue weighted by Gasteiger charge is -2.16. The topological polar surface area (TPSA) is 62.1 Å². The number of rotatable bonds is 3. The van der Waals surface area contributed by atoms with Gasteiger partial charge in [0.1, 0.15) is 6.10 Å². The molecule has 1 aromatic carbocycles. The Bertz CT molecular complexity index is 521. The van der Waals surface area contributed by atoms with Crippen molar-refractivity contribution in [3.63, 3.8) is 0 Å². The summed E-state index contributed by atoms with van der Waals surface area (Å²) in [5, 5.41) is 10.7. The molecule has 1 unspecified atom stereocenters. The van der Waals surface area contributed by atoms with E-state index in [0.717, 1.165) is 6.07 Å². The summed E-state index contributed by atoms with van der Waals surface area (Å²) in [5.74, 6) is -0.697. The lowest BCUT2D eigenvalue weighted by Crippen LogP contribution is -2.27. The van der Waals surface area contributed by atoms with Gasteiger partial charge in [-0.2, -0.15) is 18.4 Å². The zero-order chi connectivity index (χ0) is 14.6. The van der Waals surface area contributed by atoms with Gasteiger partial charge in [0.25, 0.3) is 5.91 Å². The van der Waals surface area contributed by atoms with Crippen LogP contribution in [0, 0.1) is 11.3 Å². The van der Waals surface area contributed by atoms with Crippen molar-refractivity contribution in [1.82, 2.24) is 0 Å². The smallest absolute Gasteiger partial charge is 0.372 e. The number of nitrogens with one attached hydrogen (secondary N) is 1. The number of anilines is 1. The number of methoxy groups -OCH3 is 1. The first-order valence-corrected chi connectivity index (χ1v) is 5.24. The minimum atomic E-state index is -4.66. The SMILES string of the molecule is COC(C)C(=O)Nc1ccc(C#N)cc1C(F)(F)F. The normalized spacial score (nSPS) is 12.6. The summed E-state index contributed by atoms with van der Waals surface area (Å²) in [6.07, 6.45) is -5.54. The minimum Gasteiger partial charge on any atom is -0.372 e. The summed E-state index contributed by atoms with van der Waals surface area (Å²) >= 11 is 0. The Hall–Kier alpha value is -2.07. The number of hydrogen-bond donors (Lipinski definition) is 1. The van der Waals surface area contributed by atoms with E-state index >= 15 is 0 Å². The molecule has 102 valence electrons. The highest BCUT2D eigenvalue weighted by Gasteiger charge is 2.34. The minimum absolute atomic E-state index is 0.134. The lowest BCUT2D eigenvalue weighted by molar-refractivity contribution is -0.137. The molecular formula is C12H11F3N2O2. The van der Waals surface area contributed by atoms with E-state index in [-0.39, 0.29) is 5.56 Å². The number of ether oxygens (including phenoxy) is 1. The van der Waals surface area contributed by atoms with Crippen LogP contribution < -0.4 is 5.32 Å². The molecule has 1 aromatic rings. The number of alkyl halides is 3. The maximum atomic E-state index is 12.8. The van der Waals surface area contributed by atoms with Crippen LogP contribution in [0.25, 0.3) is 0 Å². The number of carbonyl (C=O) groups is 1. The van der Waals surface area contributed by atoms with Crippen molar-refractivity contribution >= 4 is 11.6 Å². The van der Waals surface area contributed by atoms with Gasteiger partial charge in [-0.3, -0.25) is 4.79 Å². The number of nitrogens with zero attached hydrogens (tertiary/aromatic N) is 1. The molecule has 0 aliphatic rings. The van der Waals surface area contributed by atoms with Crippen molar-refractivity contribution in [2.75, 3.05) is 12.4 Å². The number of carbonyl (C=O) groups excluding carboxylic acids is 1. The molecule has 0 saturated carbocycles. The molecule has 4 nitrogen and oxygen atoms in total. The summed E-state index contributed by atoms with van der Waals surface area (Å²) in [6, 6.07) is 4.54. The Morgan fingerprint density at radius 2 is 2.11 bits per heavy atom. The third-order valence-electron chi connectivity index (χ3n) is 2.43. The highest BCUT2D eigenvalue weighted by atomic mass is 19.4. The van der Waals surface area contributed by atoms with Crippen LogP contribution in [0.2, 0.25) is 0 Å². The van der Waals surface area contributed by atoms with Gasteiger partial charge in [0, 0.05) is 7.11 Å². The van der Waals surface area contributed by atoms with Gasteiger partial charge in [-0.15, -0.1) is 0 Å². The fourth-order valence-electron chi connectivity index (χ4n) is 1.30. The van der Waals surface area contributed by atoms with E-state index < -0.39 is 29.4 Å². The van der Waals surface area contributed by atoms with Crippen molar-refractivity contribution < 1.29 is 22.7 Å². The van der Waals surface area contributed by atoms with Crippen molar-refractivity contribution in [2.24, 2.45) is 0 Å². The van der Waals surface area contributed by atoms with E-state index in [0.29, 0.717) is 6.07 Å². The van der Waals surface area contributed by atoms with E-state index in [1.165, 1.54) is 20.1 Å². The molecule has 0 heterocycles. The monoisotopic (exact) mass is 272 g/mol. The van der Waals surface area contributed by atoms with Crippen molar-refractivity contribution in [3.05, 3.63) is 29.3 Å². The van der Waals surface area contributed by atoms with Gasteiger partial charge in [0.15, 0.2) is 0 Å². The predicted molar refractivity (Wildman–Crippen MR) is 61.3 cm³/mol. The Balaban J connectivity index is 3.14. The quantitative estimate of drug-likeness (QED) is 0.919. The number of hydrogen-bond acceptors (Lipinski definition) is 3. The van der Waals surface area contributed by atoms with Crippen LogP contribution in [0.1, 0.15) is 18.1 Å². The Kier molecular flexibility index (Phi) is 4.51. The second-order valence-electron chi connectivity index (χ2n) is 3.74. The van der Waals surface area contributed by atoms with E-state index in [2.05, 4.69) is 5.32 Å². The molecule has 0 bridgehead atoms. The molecule has 1 N–H and O–H groups in total. The molecule has 0 aliphatic heterocycles. The molecule has 0 aromatic heterocycles. The zero-order valence-electron chi connectivity index (χ0n) is 10.2. The van der Waals surface area contributed by atoms with Crippen LogP contribution in [-0.2, 0) is 15.7 Å². The second kappa shape index (κ2) is 5.71. The molecule has 0 spiro atoms. The first-order valence-electron chi connectivity index (χ1n) is 5.24. The maximum absolute atomic E-state index is 12.8. The zero-order valence-corrected chi connectivity index (χ0v) is 10.2. The fourth-order valence-corrected chi connectivity index (χ4v) is 1.30. The largest absolute Gasteiger partial charge is 0.418 e. The fraction of sp³-hybridized carbons (Fsp3) is 0.333. The average Bonchev–Trinajstić information content (AvgIpc) is 2.36. The van der Waals surface area contributed by atoms with Gasteiger partial charge < -0.3 is 10.1 Å². The molecule has 0 aliphatic carbocycles. The summed E-state index contributed by atoms with van der Waals surface area (Å²) in [5.41, 5.74) is -1.60. The number of amides is 1. The molecule has 0 saturated heterocycles. The highest BCUT2D eigenvalue weighted by Crippen LogP contribution is 2.35. The third kappa shape index (κ3) is 3.69. The molecule has 1 atom stereocenters. The van der Waals surface area contributed by atoms with E-state index in [9.17, 15) is 18.0 Å². The van der Waals surface area contributed by atoms with Gasteiger partial charge in [-0.1, -0.05) is 0 Å². The standard InChI is InChI=1S/C12H11F3N2O2/c1-7(19-2)11(18)17-10-4-3-8(6-16)5-9(10)12(13,14)15/h3-5,7H,1-2H3,(H,17,18). The summed E-state index contributed by atoms with van der Waals surface area (Å²) in [7, 11) is 1.27. The Morgan fingerprint density at radius 3 is 2.58 bits per heavy atom. The lowest BCUT2D eigenvalue weighted by atomic mass is 10.1. The van der Waals surface area contributed by atoms with Gasteiger partial charge >= 0.3 is 6.18 Å². The molecule has 19 heavy (non-hydrogen) atoms. The van der Waals surface area contributed by atoms with Crippen molar-refractivity contribution in [1.29, 1.82) is 5.26 Å². The van der Waals surface area contributed by atoms with Crippen LogP contribution in [0.5, 0.6) is 0 Å². The summed E-state index contributed by atoms with van der Waals surface area (Å²) < 4.78 is 43.1. The van der Waals surface area contributed by atoms with Crippen LogP contribution in [0.15, 0.2) is 18.2 Å². The van der Waals surface area contributed by atoms with Crippen LogP contribution in [0.3, 0.4) is 0 Å². The van der Waals surface area contributed by atoms with Gasteiger partial charge in [-0.05, 0) is 25.1 Å².